The lowest BCUT2D eigenvalue weighted by Crippen LogP contribution is -2.33. The van der Waals surface area contributed by atoms with E-state index in [0.29, 0.717) is 0 Å². The fraction of sp³-hybridized carbons (Fsp3) is 0.462. The first-order chi connectivity index (χ1) is 8.52. The molecule has 98 valence electrons. The molecule has 0 saturated carbocycles. The van der Waals surface area contributed by atoms with Crippen molar-refractivity contribution in [3.8, 4) is 0 Å². The lowest BCUT2D eigenvalue weighted by atomic mass is 10.1. The molecule has 0 spiro atoms. The van der Waals surface area contributed by atoms with Crippen LogP contribution in [0.4, 0.5) is 0 Å². The van der Waals surface area contributed by atoms with Crippen LogP contribution in [-0.4, -0.2) is 15.8 Å². The lowest BCUT2D eigenvalue weighted by molar-refractivity contribution is 0.421. The zero-order valence-corrected chi connectivity index (χ0v) is 12.4. The summed E-state index contributed by atoms with van der Waals surface area (Å²) in [7, 11) is 0. The van der Waals surface area contributed by atoms with Gasteiger partial charge in [-0.25, -0.2) is 0 Å². The number of hydrogen-bond donors (Lipinski definition) is 1. The van der Waals surface area contributed by atoms with Gasteiger partial charge in [0.2, 0.25) is 0 Å². The maximum absolute atomic E-state index is 6.27. The zero-order chi connectivity index (χ0) is 13.3. The van der Waals surface area contributed by atoms with E-state index in [2.05, 4.69) is 25.0 Å². The molecule has 2 rings (SSSR count). The van der Waals surface area contributed by atoms with Gasteiger partial charge in [-0.1, -0.05) is 18.5 Å². The normalized spacial score (nSPS) is 14.7. The maximum Gasteiger partial charge on any atom is 0.101 e. The van der Waals surface area contributed by atoms with Gasteiger partial charge in [-0.15, -0.1) is 11.3 Å². The molecule has 18 heavy (non-hydrogen) atoms. The van der Waals surface area contributed by atoms with Crippen LogP contribution in [0.5, 0.6) is 0 Å². The topological polar surface area (TPSA) is 43.8 Å². The summed E-state index contributed by atoms with van der Waals surface area (Å²) in [5, 5.41) is 4.57. The number of nitrogens with zero attached hydrogens (tertiary/aromatic N) is 2. The summed E-state index contributed by atoms with van der Waals surface area (Å²) in [4.78, 5) is 1.17. The smallest absolute Gasteiger partial charge is 0.101 e. The van der Waals surface area contributed by atoms with Crippen LogP contribution in [0.3, 0.4) is 0 Å². The predicted octanol–water partition coefficient (Wildman–Crippen LogP) is 3.54. The summed E-state index contributed by atoms with van der Waals surface area (Å²) in [6.07, 6.45) is 0.901. The van der Waals surface area contributed by atoms with Crippen LogP contribution in [0.1, 0.15) is 35.7 Å². The molecule has 5 heteroatoms. The number of halogens is 1. The Morgan fingerprint density at radius 1 is 1.44 bits per heavy atom. The molecule has 2 aromatic rings. The van der Waals surface area contributed by atoms with E-state index in [1.54, 1.807) is 11.3 Å². The SMILES string of the molecule is CCC(N)C(c1ccc(Cl)s1)n1nc(C)cc1C. The van der Waals surface area contributed by atoms with E-state index < -0.39 is 0 Å². The summed E-state index contributed by atoms with van der Waals surface area (Å²) >= 11 is 7.61. The molecule has 0 aliphatic heterocycles. The highest BCUT2D eigenvalue weighted by Crippen LogP contribution is 2.32. The highest BCUT2D eigenvalue weighted by molar-refractivity contribution is 7.16. The van der Waals surface area contributed by atoms with Crippen molar-refractivity contribution >= 4 is 22.9 Å². The van der Waals surface area contributed by atoms with Crippen LogP contribution in [0.15, 0.2) is 18.2 Å². The first kappa shape index (κ1) is 13.6. The number of thiophene rings is 1. The summed E-state index contributed by atoms with van der Waals surface area (Å²) in [5.74, 6) is 0. The Balaban J connectivity index is 2.46. The standard InChI is InChI=1S/C13H18ClN3S/c1-4-10(15)13(11-5-6-12(14)18-11)17-9(3)7-8(2)16-17/h5-7,10,13H,4,15H2,1-3H3. The quantitative estimate of drug-likeness (QED) is 0.933. The monoisotopic (exact) mass is 283 g/mol. The third-order valence-electron chi connectivity index (χ3n) is 3.07. The molecule has 0 amide bonds. The molecule has 0 aliphatic rings. The number of rotatable bonds is 4. The van der Waals surface area contributed by atoms with Gasteiger partial charge in [-0.3, -0.25) is 4.68 Å². The van der Waals surface area contributed by atoms with Crippen molar-refractivity contribution in [1.29, 1.82) is 0 Å². The van der Waals surface area contributed by atoms with Crippen molar-refractivity contribution < 1.29 is 0 Å². The fourth-order valence-corrected chi connectivity index (χ4v) is 3.37. The number of nitrogens with two attached hydrogens (primary N) is 1. The van der Waals surface area contributed by atoms with Crippen LogP contribution >= 0.6 is 22.9 Å². The summed E-state index contributed by atoms with van der Waals surface area (Å²) in [6, 6.07) is 6.15. The van der Waals surface area contributed by atoms with E-state index in [1.165, 1.54) is 4.88 Å². The molecular weight excluding hydrogens is 266 g/mol. The van der Waals surface area contributed by atoms with E-state index in [4.69, 9.17) is 17.3 Å². The second-order valence-electron chi connectivity index (χ2n) is 4.53. The van der Waals surface area contributed by atoms with Crippen molar-refractivity contribution in [2.45, 2.75) is 39.3 Å². The van der Waals surface area contributed by atoms with E-state index >= 15 is 0 Å². The lowest BCUT2D eigenvalue weighted by Gasteiger charge is -2.23. The molecular formula is C13H18ClN3S. The average Bonchev–Trinajstić information content (AvgIpc) is 2.86. The number of hydrogen-bond acceptors (Lipinski definition) is 3. The van der Waals surface area contributed by atoms with Gasteiger partial charge in [-0.05, 0) is 38.5 Å². The minimum atomic E-state index is 0.0396. The Bertz CT molecular complexity index is 532. The third kappa shape index (κ3) is 2.60. The van der Waals surface area contributed by atoms with E-state index in [0.717, 1.165) is 22.1 Å². The van der Waals surface area contributed by atoms with Gasteiger partial charge < -0.3 is 5.73 Å². The maximum atomic E-state index is 6.27. The first-order valence-corrected chi connectivity index (χ1v) is 7.26. The molecule has 0 bridgehead atoms. The molecule has 0 aromatic carbocycles. The molecule has 0 aliphatic carbocycles. The van der Waals surface area contributed by atoms with Gasteiger partial charge in [0.15, 0.2) is 0 Å². The molecule has 2 N–H and O–H groups in total. The Kier molecular flexibility index (Phi) is 4.10. The summed E-state index contributed by atoms with van der Waals surface area (Å²) < 4.78 is 2.81. The molecule has 0 saturated heterocycles. The second kappa shape index (κ2) is 5.43. The van der Waals surface area contributed by atoms with E-state index in [-0.39, 0.29) is 12.1 Å². The van der Waals surface area contributed by atoms with Crippen molar-refractivity contribution in [1.82, 2.24) is 9.78 Å². The largest absolute Gasteiger partial charge is 0.326 e. The summed E-state index contributed by atoms with van der Waals surface area (Å²) in [6.45, 7) is 6.16. The van der Waals surface area contributed by atoms with E-state index in [9.17, 15) is 0 Å². The van der Waals surface area contributed by atoms with Gasteiger partial charge in [0, 0.05) is 16.6 Å². The predicted molar refractivity (Wildman–Crippen MR) is 77.4 cm³/mol. The minimum absolute atomic E-state index is 0.0396. The Labute approximate surface area is 117 Å². The Morgan fingerprint density at radius 3 is 2.61 bits per heavy atom. The van der Waals surface area contributed by atoms with Crippen molar-refractivity contribution in [2.75, 3.05) is 0 Å². The van der Waals surface area contributed by atoms with Crippen LogP contribution in [0.25, 0.3) is 0 Å². The molecule has 2 unspecified atom stereocenters. The number of aromatic nitrogens is 2. The second-order valence-corrected chi connectivity index (χ2v) is 6.28. The third-order valence-corrected chi connectivity index (χ3v) is 4.37. The molecule has 2 aromatic heterocycles. The zero-order valence-electron chi connectivity index (χ0n) is 10.9. The van der Waals surface area contributed by atoms with Gasteiger partial charge in [0.05, 0.1) is 10.0 Å². The Morgan fingerprint density at radius 2 is 2.17 bits per heavy atom. The van der Waals surface area contributed by atoms with Crippen molar-refractivity contribution in [3.05, 3.63) is 38.8 Å². The van der Waals surface area contributed by atoms with Gasteiger partial charge in [0.1, 0.15) is 6.04 Å². The highest BCUT2D eigenvalue weighted by atomic mass is 35.5. The Hall–Kier alpha value is -0.840. The van der Waals surface area contributed by atoms with Gasteiger partial charge in [0.25, 0.3) is 0 Å². The molecule has 0 fully saturated rings. The average molecular weight is 284 g/mol. The summed E-state index contributed by atoms with van der Waals surface area (Å²) in [5.41, 5.74) is 8.42. The van der Waals surface area contributed by atoms with Crippen molar-refractivity contribution in [2.24, 2.45) is 5.73 Å². The fourth-order valence-electron chi connectivity index (χ4n) is 2.15. The first-order valence-electron chi connectivity index (χ1n) is 6.06. The van der Waals surface area contributed by atoms with Crippen LogP contribution in [-0.2, 0) is 0 Å². The molecule has 2 heterocycles. The van der Waals surface area contributed by atoms with Crippen LogP contribution < -0.4 is 5.73 Å². The van der Waals surface area contributed by atoms with E-state index in [1.807, 2.05) is 23.7 Å². The van der Waals surface area contributed by atoms with Crippen LogP contribution in [0, 0.1) is 13.8 Å². The minimum Gasteiger partial charge on any atom is -0.326 e. The van der Waals surface area contributed by atoms with Gasteiger partial charge in [-0.2, -0.15) is 5.10 Å². The molecule has 3 nitrogen and oxygen atoms in total. The molecule has 2 atom stereocenters. The van der Waals surface area contributed by atoms with Crippen molar-refractivity contribution in [3.63, 3.8) is 0 Å². The highest BCUT2D eigenvalue weighted by Gasteiger charge is 2.24. The van der Waals surface area contributed by atoms with Gasteiger partial charge >= 0.3 is 0 Å². The number of aryl methyl sites for hydroxylation is 2. The molecule has 0 radical (unpaired) electrons. The van der Waals surface area contributed by atoms with Crippen LogP contribution in [0.2, 0.25) is 4.34 Å².